The van der Waals surface area contributed by atoms with Crippen LogP contribution in [-0.4, -0.2) is 0 Å². The Morgan fingerprint density at radius 1 is 1.36 bits per heavy atom. The van der Waals surface area contributed by atoms with Crippen molar-refractivity contribution < 1.29 is 0 Å². The average Bonchev–Trinajstić information content (AvgIpc) is 2.04. The molecule has 1 heteroatoms. The van der Waals surface area contributed by atoms with Crippen LogP contribution in [0.4, 0.5) is 0 Å². The van der Waals surface area contributed by atoms with Crippen molar-refractivity contribution in [2.45, 2.75) is 19.3 Å². The molecule has 0 heterocycles. The number of allylic oxidation sites excluding steroid dienone is 6. The summed E-state index contributed by atoms with van der Waals surface area (Å²) in [5.74, 6) is 0.706. The minimum atomic E-state index is 0.706. The molecule has 1 atom stereocenters. The van der Waals surface area contributed by atoms with E-state index in [9.17, 15) is 0 Å². The van der Waals surface area contributed by atoms with Gasteiger partial charge in [-0.25, -0.2) is 0 Å². The normalized spacial score (nSPS) is 29.0. The van der Waals surface area contributed by atoms with E-state index in [-0.39, 0.29) is 0 Å². The lowest BCUT2D eigenvalue weighted by atomic mass is 9.84. The lowest BCUT2D eigenvalue weighted by Crippen LogP contribution is -2.08. The van der Waals surface area contributed by atoms with Gasteiger partial charge in [-0.15, -0.1) is 0 Å². The molecule has 0 aromatic rings. The summed E-state index contributed by atoms with van der Waals surface area (Å²) < 4.78 is 0. The third kappa shape index (κ3) is 1.41. The fraction of sp³-hybridized carbons (Fsp3) is 0.400. The maximum Gasteiger partial charge on any atom is 0.0187 e. The van der Waals surface area contributed by atoms with Crippen molar-refractivity contribution in [1.29, 1.82) is 0 Å². The number of hydrogen-bond donors (Lipinski definition) is 0. The van der Waals surface area contributed by atoms with E-state index in [1.807, 2.05) is 6.08 Å². The summed E-state index contributed by atoms with van der Waals surface area (Å²) in [7, 11) is 0. The van der Waals surface area contributed by atoms with Crippen molar-refractivity contribution in [1.82, 2.24) is 0 Å². The molecule has 58 valence electrons. The molecule has 0 nitrogen and oxygen atoms in total. The Balaban J connectivity index is 2.27. The Labute approximate surface area is 72.2 Å². The molecule has 0 spiro atoms. The number of fused-ring (bicyclic) bond motifs is 1. The Morgan fingerprint density at radius 2 is 2.27 bits per heavy atom. The van der Waals surface area contributed by atoms with Crippen LogP contribution < -0.4 is 0 Å². The maximum atomic E-state index is 5.93. The summed E-state index contributed by atoms with van der Waals surface area (Å²) in [4.78, 5) is 0. The van der Waals surface area contributed by atoms with Gasteiger partial charge in [0.1, 0.15) is 0 Å². The molecule has 0 fully saturated rings. The van der Waals surface area contributed by atoms with Gasteiger partial charge in [-0.2, -0.15) is 0 Å². The number of hydrogen-bond acceptors (Lipinski definition) is 0. The molecule has 1 unspecified atom stereocenters. The maximum absolute atomic E-state index is 5.93. The zero-order valence-electron chi connectivity index (χ0n) is 6.39. The summed E-state index contributed by atoms with van der Waals surface area (Å²) >= 11 is 5.93. The molecule has 2 aliphatic rings. The summed E-state index contributed by atoms with van der Waals surface area (Å²) in [6, 6.07) is 0. The van der Waals surface area contributed by atoms with Crippen molar-refractivity contribution in [3.8, 4) is 0 Å². The Hall–Kier alpha value is -0.490. The first kappa shape index (κ1) is 7.17. The average molecular weight is 167 g/mol. The van der Waals surface area contributed by atoms with Gasteiger partial charge in [-0.3, -0.25) is 0 Å². The number of halogens is 1. The third-order valence-corrected chi connectivity index (χ3v) is 2.64. The van der Waals surface area contributed by atoms with Gasteiger partial charge in [0.25, 0.3) is 0 Å². The smallest absolute Gasteiger partial charge is 0.0187 e. The van der Waals surface area contributed by atoms with E-state index in [2.05, 4.69) is 18.2 Å². The first-order valence-corrected chi connectivity index (χ1v) is 4.47. The minimum absolute atomic E-state index is 0.706. The lowest BCUT2D eigenvalue weighted by molar-refractivity contribution is 0.561. The van der Waals surface area contributed by atoms with Crippen LogP contribution in [0.25, 0.3) is 0 Å². The van der Waals surface area contributed by atoms with E-state index in [0.29, 0.717) is 5.92 Å². The third-order valence-electron chi connectivity index (χ3n) is 2.36. The standard InChI is InChI=1S/C10H11Cl/c11-10-6-5-8-3-1-2-4-9(8)7-10/h1,3,5-6,9H,2,4,7H2. The van der Waals surface area contributed by atoms with Crippen LogP contribution in [0, 0.1) is 5.92 Å². The molecular formula is C10H11Cl. The lowest BCUT2D eigenvalue weighted by Gasteiger charge is -2.23. The highest BCUT2D eigenvalue weighted by molar-refractivity contribution is 6.29. The minimum Gasteiger partial charge on any atom is -0.0891 e. The van der Waals surface area contributed by atoms with E-state index in [1.54, 1.807) is 0 Å². The predicted molar refractivity (Wildman–Crippen MR) is 48.5 cm³/mol. The van der Waals surface area contributed by atoms with Gasteiger partial charge in [0, 0.05) is 5.03 Å². The highest BCUT2D eigenvalue weighted by Gasteiger charge is 2.18. The van der Waals surface area contributed by atoms with Crippen LogP contribution in [-0.2, 0) is 0 Å². The zero-order valence-corrected chi connectivity index (χ0v) is 7.14. The van der Waals surface area contributed by atoms with Gasteiger partial charge in [-0.05, 0) is 36.8 Å². The molecule has 0 aromatic heterocycles. The van der Waals surface area contributed by atoms with E-state index in [1.165, 1.54) is 18.4 Å². The molecular weight excluding hydrogens is 156 g/mol. The molecule has 0 saturated carbocycles. The van der Waals surface area contributed by atoms with Gasteiger partial charge in [0.05, 0.1) is 0 Å². The van der Waals surface area contributed by atoms with Crippen LogP contribution in [0.3, 0.4) is 0 Å². The van der Waals surface area contributed by atoms with Gasteiger partial charge < -0.3 is 0 Å². The van der Waals surface area contributed by atoms with E-state index in [4.69, 9.17) is 11.6 Å². The molecule has 0 bridgehead atoms. The first-order chi connectivity index (χ1) is 5.36. The second-order valence-electron chi connectivity index (χ2n) is 3.16. The van der Waals surface area contributed by atoms with E-state index in [0.717, 1.165) is 11.5 Å². The quantitative estimate of drug-likeness (QED) is 0.518. The molecule has 0 N–H and O–H groups in total. The molecule has 0 amide bonds. The summed E-state index contributed by atoms with van der Waals surface area (Å²) in [5.41, 5.74) is 1.46. The summed E-state index contributed by atoms with van der Waals surface area (Å²) in [5, 5.41) is 1.01. The Bertz CT molecular complexity index is 246. The van der Waals surface area contributed by atoms with Crippen LogP contribution in [0.15, 0.2) is 34.9 Å². The topological polar surface area (TPSA) is 0 Å². The largest absolute Gasteiger partial charge is 0.0891 e. The molecule has 0 radical (unpaired) electrons. The highest BCUT2D eigenvalue weighted by Crippen LogP contribution is 2.33. The Morgan fingerprint density at radius 3 is 3.18 bits per heavy atom. The second kappa shape index (κ2) is 2.86. The highest BCUT2D eigenvalue weighted by atomic mass is 35.5. The van der Waals surface area contributed by atoms with Crippen molar-refractivity contribution in [3.05, 3.63) is 34.9 Å². The second-order valence-corrected chi connectivity index (χ2v) is 3.65. The van der Waals surface area contributed by atoms with Crippen LogP contribution in [0.5, 0.6) is 0 Å². The van der Waals surface area contributed by atoms with Gasteiger partial charge in [0.15, 0.2) is 0 Å². The van der Waals surface area contributed by atoms with E-state index < -0.39 is 0 Å². The molecule has 11 heavy (non-hydrogen) atoms. The fourth-order valence-electron chi connectivity index (χ4n) is 1.72. The molecule has 2 rings (SSSR count). The zero-order chi connectivity index (χ0) is 7.68. The van der Waals surface area contributed by atoms with Crippen molar-refractivity contribution in [2.75, 3.05) is 0 Å². The summed E-state index contributed by atoms with van der Waals surface area (Å²) in [6.07, 6.45) is 12.2. The monoisotopic (exact) mass is 166 g/mol. The molecule has 0 saturated heterocycles. The molecule has 0 aromatic carbocycles. The Kier molecular flexibility index (Phi) is 1.87. The van der Waals surface area contributed by atoms with Crippen LogP contribution in [0.2, 0.25) is 0 Å². The molecule has 2 aliphatic carbocycles. The van der Waals surface area contributed by atoms with Crippen molar-refractivity contribution in [2.24, 2.45) is 5.92 Å². The first-order valence-electron chi connectivity index (χ1n) is 4.09. The SMILES string of the molecule is ClC1=CC=C2C=CCCC2C1. The van der Waals surface area contributed by atoms with Crippen molar-refractivity contribution >= 4 is 11.6 Å². The van der Waals surface area contributed by atoms with Gasteiger partial charge >= 0.3 is 0 Å². The number of rotatable bonds is 0. The van der Waals surface area contributed by atoms with Gasteiger partial charge in [0.2, 0.25) is 0 Å². The summed E-state index contributed by atoms with van der Waals surface area (Å²) in [6.45, 7) is 0. The van der Waals surface area contributed by atoms with Crippen molar-refractivity contribution in [3.63, 3.8) is 0 Å². The van der Waals surface area contributed by atoms with E-state index >= 15 is 0 Å². The van der Waals surface area contributed by atoms with Crippen LogP contribution >= 0.6 is 11.6 Å². The fourth-order valence-corrected chi connectivity index (χ4v) is 1.97. The van der Waals surface area contributed by atoms with Gasteiger partial charge in [-0.1, -0.05) is 29.8 Å². The molecule has 0 aliphatic heterocycles. The van der Waals surface area contributed by atoms with Crippen LogP contribution in [0.1, 0.15) is 19.3 Å². The predicted octanol–water partition coefficient (Wildman–Crippen LogP) is 3.41.